The number of hydrogen-bond acceptors (Lipinski definition) is 3. The molecule has 0 aromatic heterocycles. The van der Waals surface area contributed by atoms with E-state index in [1.807, 2.05) is 31.2 Å². The SMILES string of the molecule is Cc1ccc(CNC(=O)CN(c2cc(Cl)ccc2Cl)S(C)(=O)=O)cc1. The average molecular weight is 401 g/mol. The highest BCUT2D eigenvalue weighted by Gasteiger charge is 2.23. The normalized spacial score (nSPS) is 11.2. The fourth-order valence-corrected chi connectivity index (χ4v) is 3.45. The molecule has 0 radical (unpaired) electrons. The first-order chi connectivity index (χ1) is 11.7. The highest BCUT2D eigenvalue weighted by Crippen LogP contribution is 2.30. The van der Waals surface area contributed by atoms with E-state index in [4.69, 9.17) is 23.2 Å². The van der Waals surface area contributed by atoms with Crippen molar-refractivity contribution in [2.45, 2.75) is 13.5 Å². The van der Waals surface area contributed by atoms with Gasteiger partial charge in [-0.2, -0.15) is 0 Å². The standard InChI is InChI=1S/C17H18Cl2N2O3S/c1-12-3-5-13(6-4-12)10-20-17(22)11-21(25(2,23)24)16-9-14(18)7-8-15(16)19/h3-9H,10-11H2,1-2H3,(H,20,22). The molecule has 0 saturated heterocycles. The minimum absolute atomic E-state index is 0.169. The number of halogens is 2. The van der Waals surface area contributed by atoms with Gasteiger partial charge in [0.2, 0.25) is 15.9 Å². The number of nitrogens with zero attached hydrogens (tertiary/aromatic N) is 1. The third kappa shape index (κ3) is 5.63. The Hall–Kier alpha value is -1.76. The minimum atomic E-state index is -3.71. The van der Waals surface area contributed by atoms with Crippen molar-refractivity contribution >= 4 is 44.8 Å². The van der Waals surface area contributed by atoms with Crippen LogP contribution in [-0.2, 0) is 21.4 Å². The molecule has 0 atom stereocenters. The Morgan fingerprint density at radius 2 is 1.76 bits per heavy atom. The lowest BCUT2D eigenvalue weighted by Gasteiger charge is -2.23. The number of anilines is 1. The van der Waals surface area contributed by atoms with Crippen molar-refractivity contribution < 1.29 is 13.2 Å². The van der Waals surface area contributed by atoms with Gasteiger partial charge in [-0.3, -0.25) is 9.10 Å². The fraction of sp³-hybridized carbons (Fsp3) is 0.235. The highest BCUT2D eigenvalue weighted by atomic mass is 35.5. The summed E-state index contributed by atoms with van der Waals surface area (Å²) in [5.41, 5.74) is 2.21. The van der Waals surface area contributed by atoms with E-state index >= 15 is 0 Å². The van der Waals surface area contributed by atoms with Crippen LogP contribution in [0.25, 0.3) is 0 Å². The van der Waals surface area contributed by atoms with Crippen LogP contribution in [0.15, 0.2) is 42.5 Å². The first-order valence-electron chi connectivity index (χ1n) is 7.42. The zero-order valence-corrected chi connectivity index (χ0v) is 16.1. The first kappa shape index (κ1) is 19.6. The molecule has 2 aromatic rings. The Morgan fingerprint density at radius 1 is 1.12 bits per heavy atom. The molecule has 0 fully saturated rings. The number of rotatable bonds is 6. The molecule has 0 heterocycles. The maximum atomic E-state index is 12.2. The molecule has 0 unspecified atom stereocenters. The molecule has 0 aliphatic rings. The van der Waals surface area contributed by atoms with Crippen LogP contribution in [-0.4, -0.2) is 27.1 Å². The van der Waals surface area contributed by atoms with Gasteiger partial charge in [-0.05, 0) is 30.7 Å². The summed E-state index contributed by atoms with van der Waals surface area (Å²) in [5.74, 6) is -0.443. The summed E-state index contributed by atoms with van der Waals surface area (Å²) in [5, 5.41) is 3.23. The number of aryl methyl sites for hydroxylation is 1. The molecule has 0 bridgehead atoms. The van der Waals surface area contributed by atoms with Gasteiger partial charge in [0.1, 0.15) is 6.54 Å². The van der Waals surface area contributed by atoms with E-state index in [0.717, 1.165) is 21.7 Å². The molecule has 0 spiro atoms. The Balaban J connectivity index is 2.13. The van der Waals surface area contributed by atoms with Crippen LogP contribution < -0.4 is 9.62 Å². The third-order valence-electron chi connectivity index (χ3n) is 3.47. The zero-order valence-electron chi connectivity index (χ0n) is 13.8. The topological polar surface area (TPSA) is 66.5 Å². The summed E-state index contributed by atoms with van der Waals surface area (Å²) in [6.07, 6.45) is 1.01. The van der Waals surface area contributed by atoms with Crippen molar-refractivity contribution in [3.8, 4) is 0 Å². The summed E-state index contributed by atoms with van der Waals surface area (Å²) in [6, 6.07) is 12.1. The predicted molar refractivity (Wildman–Crippen MR) is 102 cm³/mol. The Kier molecular flexibility index (Phi) is 6.32. The molecule has 134 valence electrons. The Labute approximate surface area is 157 Å². The second-order valence-electron chi connectivity index (χ2n) is 5.63. The van der Waals surface area contributed by atoms with Crippen LogP contribution in [0, 0.1) is 6.92 Å². The largest absolute Gasteiger partial charge is 0.350 e. The second kappa shape index (κ2) is 8.08. The second-order valence-corrected chi connectivity index (χ2v) is 8.38. The van der Waals surface area contributed by atoms with Gasteiger partial charge >= 0.3 is 0 Å². The molecule has 0 aliphatic heterocycles. The number of nitrogens with one attached hydrogen (secondary N) is 1. The summed E-state index contributed by atoms with van der Waals surface area (Å²) < 4.78 is 25.1. The van der Waals surface area contributed by atoms with Gasteiger partial charge < -0.3 is 5.32 Å². The Bertz CT molecular complexity index is 868. The van der Waals surface area contributed by atoms with Crippen molar-refractivity contribution in [3.05, 3.63) is 63.6 Å². The molecule has 2 rings (SSSR count). The molecule has 0 aliphatic carbocycles. The lowest BCUT2D eigenvalue weighted by molar-refractivity contribution is -0.119. The van der Waals surface area contributed by atoms with Gasteiger partial charge in [-0.1, -0.05) is 53.0 Å². The van der Waals surface area contributed by atoms with Gasteiger partial charge in [-0.15, -0.1) is 0 Å². The zero-order chi connectivity index (χ0) is 18.6. The van der Waals surface area contributed by atoms with Crippen molar-refractivity contribution in [2.24, 2.45) is 0 Å². The van der Waals surface area contributed by atoms with E-state index in [1.165, 1.54) is 12.1 Å². The van der Waals surface area contributed by atoms with Gasteiger partial charge in [0.05, 0.1) is 17.0 Å². The van der Waals surface area contributed by atoms with Gasteiger partial charge in [0.25, 0.3) is 0 Å². The quantitative estimate of drug-likeness (QED) is 0.807. The molecule has 5 nitrogen and oxygen atoms in total. The Morgan fingerprint density at radius 3 is 2.36 bits per heavy atom. The van der Waals surface area contributed by atoms with Crippen molar-refractivity contribution in [1.29, 1.82) is 0 Å². The van der Waals surface area contributed by atoms with Crippen LogP contribution in [0.5, 0.6) is 0 Å². The molecular formula is C17H18Cl2N2O3S. The molecule has 0 saturated carbocycles. The fourth-order valence-electron chi connectivity index (χ4n) is 2.15. The monoisotopic (exact) mass is 400 g/mol. The van der Waals surface area contributed by atoms with Gasteiger partial charge in [-0.25, -0.2) is 8.42 Å². The van der Waals surface area contributed by atoms with Crippen LogP contribution >= 0.6 is 23.2 Å². The van der Waals surface area contributed by atoms with Crippen LogP contribution in [0.4, 0.5) is 5.69 Å². The third-order valence-corrected chi connectivity index (χ3v) is 5.16. The lowest BCUT2D eigenvalue weighted by Crippen LogP contribution is -2.40. The molecule has 25 heavy (non-hydrogen) atoms. The number of hydrogen-bond donors (Lipinski definition) is 1. The molecule has 1 N–H and O–H groups in total. The summed E-state index contributed by atoms with van der Waals surface area (Å²) in [7, 11) is -3.71. The van der Waals surface area contributed by atoms with E-state index in [9.17, 15) is 13.2 Å². The maximum absolute atomic E-state index is 12.2. The first-order valence-corrected chi connectivity index (χ1v) is 10.0. The molecule has 8 heteroatoms. The van der Waals surface area contributed by atoms with Gasteiger partial charge in [0, 0.05) is 11.6 Å². The van der Waals surface area contributed by atoms with Crippen LogP contribution in [0.1, 0.15) is 11.1 Å². The minimum Gasteiger partial charge on any atom is -0.350 e. The van der Waals surface area contributed by atoms with Crippen LogP contribution in [0.2, 0.25) is 10.0 Å². The van der Waals surface area contributed by atoms with Crippen molar-refractivity contribution in [1.82, 2.24) is 5.32 Å². The van der Waals surface area contributed by atoms with E-state index in [1.54, 1.807) is 6.07 Å². The molecular weight excluding hydrogens is 383 g/mol. The number of sulfonamides is 1. The van der Waals surface area contributed by atoms with E-state index in [-0.39, 0.29) is 17.3 Å². The number of benzene rings is 2. The summed E-state index contributed by atoms with van der Waals surface area (Å²) in [6.45, 7) is 1.89. The molecule has 2 aromatic carbocycles. The summed E-state index contributed by atoms with van der Waals surface area (Å²) in [4.78, 5) is 12.2. The number of carbonyl (C=O) groups is 1. The molecule has 1 amide bonds. The smallest absolute Gasteiger partial charge is 0.241 e. The summed E-state index contributed by atoms with van der Waals surface area (Å²) >= 11 is 12.0. The van der Waals surface area contributed by atoms with Crippen molar-refractivity contribution in [3.63, 3.8) is 0 Å². The highest BCUT2D eigenvalue weighted by molar-refractivity contribution is 7.92. The van der Waals surface area contributed by atoms with E-state index in [0.29, 0.717) is 11.6 Å². The van der Waals surface area contributed by atoms with E-state index < -0.39 is 15.9 Å². The average Bonchev–Trinajstić information content (AvgIpc) is 2.53. The number of amides is 1. The van der Waals surface area contributed by atoms with Crippen molar-refractivity contribution in [2.75, 3.05) is 17.1 Å². The predicted octanol–water partition coefficient (Wildman–Crippen LogP) is 3.38. The number of carbonyl (C=O) groups excluding carboxylic acids is 1. The maximum Gasteiger partial charge on any atom is 0.241 e. The van der Waals surface area contributed by atoms with Crippen LogP contribution in [0.3, 0.4) is 0 Å². The van der Waals surface area contributed by atoms with E-state index in [2.05, 4.69) is 5.32 Å². The lowest BCUT2D eigenvalue weighted by atomic mass is 10.1. The van der Waals surface area contributed by atoms with Gasteiger partial charge in [0.15, 0.2) is 0 Å².